The van der Waals surface area contributed by atoms with Gasteiger partial charge < -0.3 is 9.84 Å². The van der Waals surface area contributed by atoms with Crippen molar-refractivity contribution in [3.8, 4) is 0 Å². The van der Waals surface area contributed by atoms with Gasteiger partial charge in [0.2, 0.25) is 11.8 Å². The molecule has 5 nitrogen and oxygen atoms in total. The van der Waals surface area contributed by atoms with Crippen molar-refractivity contribution in [3.63, 3.8) is 0 Å². The van der Waals surface area contributed by atoms with Crippen LogP contribution in [0.25, 0.3) is 0 Å². The molecule has 126 valence electrons. The first-order chi connectivity index (χ1) is 11.8. The molecular formula is C19H23N3O2. The highest BCUT2D eigenvalue weighted by molar-refractivity contribution is 5.75. The summed E-state index contributed by atoms with van der Waals surface area (Å²) in [7, 11) is 0. The van der Waals surface area contributed by atoms with Crippen LogP contribution < -0.4 is 5.32 Å². The van der Waals surface area contributed by atoms with Crippen LogP contribution in [0.1, 0.15) is 73.2 Å². The molecule has 5 heteroatoms. The van der Waals surface area contributed by atoms with Crippen LogP contribution in [0.3, 0.4) is 0 Å². The van der Waals surface area contributed by atoms with Crippen LogP contribution >= 0.6 is 0 Å². The molecule has 0 unspecified atom stereocenters. The SMILES string of the molecule is O=C(CCCc1nc(C2CC2)no1)NCc1ccc(C2CC2)cc1. The average Bonchev–Trinajstić information content (AvgIpc) is 3.52. The Kier molecular flexibility index (Phi) is 4.32. The van der Waals surface area contributed by atoms with Gasteiger partial charge in [0.15, 0.2) is 5.82 Å². The molecule has 0 saturated heterocycles. The summed E-state index contributed by atoms with van der Waals surface area (Å²) in [5.41, 5.74) is 2.58. The van der Waals surface area contributed by atoms with E-state index in [1.807, 2.05) is 0 Å². The van der Waals surface area contributed by atoms with Crippen molar-refractivity contribution in [1.29, 1.82) is 0 Å². The Morgan fingerprint density at radius 2 is 1.88 bits per heavy atom. The third kappa shape index (κ3) is 4.02. The zero-order chi connectivity index (χ0) is 16.4. The molecule has 4 rings (SSSR count). The molecule has 1 aromatic heterocycles. The molecule has 0 atom stereocenters. The lowest BCUT2D eigenvalue weighted by Crippen LogP contribution is -2.22. The van der Waals surface area contributed by atoms with Crippen molar-refractivity contribution >= 4 is 5.91 Å². The van der Waals surface area contributed by atoms with Gasteiger partial charge in [0, 0.05) is 25.3 Å². The third-order valence-corrected chi connectivity index (χ3v) is 4.74. The largest absolute Gasteiger partial charge is 0.352 e. The van der Waals surface area contributed by atoms with E-state index >= 15 is 0 Å². The maximum atomic E-state index is 11.9. The molecule has 1 aromatic carbocycles. The summed E-state index contributed by atoms with van der Waals surface area (Å²) >= 11 is 0. The number of rotatable bonds is 8. The van der Waals surface area contributed by atoms with Crippen LogP contribution in [0, 0.1) is 0 Å². The monoisotopic (exact) mass is 325 g/mol. The lowest BCUT2D eigenvalue weighted by atomic mass is 10.1. The summed E-state index contributed by atoms with van der Waals surface area (Å²) in [4.78, 5) is 16.3. The molecule has 24 heavy (non-hydrogen) atoms. The number of aryl methyl sites for hydroxylation is 1. The van der Waals surface area contributed by atoms with Crippen LogP contribution in [0.4, 0.5) is 0 Å². The Labute approximate surface area is 141 Å². The number of nitrogens with zero attached hydrogens (tertiary/aromatic N) is 2. The predicted molar refractivity (Wildman–Crippen MR) is 89.5 cm³/mol. The summed E-state index contributed by atoms with van der Waals surface area (Å²) in [6.07, 6.45) is 6.87. The topological polar surface area (TPSA) is 68.0 Å². The van der Waals surface area contributed by atoms with Gasteiger partial charge in [-0.2, -0.15) is 4.98 Å². The van der Waals surface area contributed by atoms with Gasteiger partial charge in [-0.3, -0.25) is 4.79 Å². The molecule has 2 saturated carbocycles. The van der Waals surface area contributed by atoms with Gasteiger partial charge in [0.1, 0.15) is 0 Å². The summed E-state index contributed by atoms with van der Waals surface area (Å²) in [5, 5.41) is 6.97. The van der Waals surface area contributed by atoms with Crippen LogP contribution in [0.2, 0.25) is 0 Å². The van der Waals surface area contributed by atoms with Crippen molar-refractivity contribution in [3.05, 3.63) is 47.1 Å². The first-order valence-corrected chi connectivity index (χ1v) is 8.96. The highest BCUT2D eigenvalue weighted by Gasteiger charge is 2.28. The molecule has 2 aliphatic carbocycles. The molecule has 2 aromatic rings. The second-order valence-electron chi connectivity index (χ2n) is 6.97. The Hall–Kier alpha value is -2.17. The van der Waals surface area contributed by atoms with E-state index in [0.717, 1.165) is 23.7 Å². The second kappa shape index (κ2) is 6.75. The van der Waals surface area contributed by atoms with Gasteiger partial charge in [-0.05, 0) is 49.1 Å². The average molecular weight is 325 g/mol. The fourth-order valence-electron chi connectivity index (χ4n) is 2.89. The Bertz CT molecular complexity index is 700. The maximum absolute atomic E-state index is 11.9. The number of amides is 1. The number of nitrogens with one attached hydrogen (secondary N) is 1. The molecule has 0 bridgehead atoms. The van der Waals surface area contributed by atoms with Gasteiger partial charge in [-0.25, -0.2) is 0 Å². The Balaban J connectivity index is 1.16. The van der Waals surface area contributed by atoms with Gasteiger partial charge >= 0.3 is 0 Å². The fraction of sp³-hybridized carbons (Fsp3) is 0.526. The smallest absolute Gasteiger partial charge is 0.226 e. The lowest BCUT2D eigenvalue weighted by molar-refractivity contribution is -0.121. The summed E-state index contributed by atoms with van der Waals surface area (Å²) in [5.74, 6) is 2.85. The molecule has 2 aliphatic rings. The number of benzene rings is 1. The van der Waals surface area contributed by atoms with Crippen LogP contribution in [0.15, 0.2) is 28.8 Å². The molecule has 1 N–H and O–H groups in total. The van der Waals surface area contributed by atoms with Crippen molar-refractivity contribution in [2.75, 3.05) is 0 Å². The molecule has 1 amide bonds. The van der Waals surface area contributed by atoms with Crippen molar-refractivity contribution < 1.29 is 9.32 Å². The van der Waals surface area contributed by atoms with Crippen LogP contribution in [0.5, 0.6) is 0 Å². The minimum absolute atomic E-state index is 0.0724. The Morgan fingerprint density at radius 3 is 2.58 bits per heavy atom. The molecule has 2 fully saturated rings. The number of aromatic nitrogens is 2. The first kappa shape index (κ1) is 15.4. The summed E-state index contributed by atoms with van der Waals surface area (Å²) < 4.78 is 5.22. The van der Waals surface area contributed by atoms with E-state index < -0.39 is 0 Å². The summed E-state index contributed by atoms with van der Waals surface area (Å²) in [6, 6.07) is 8.61. The Morgan fingerprint density at radius 1 is 1.12 bits per heavy atom. The molecule has 0 spiro atoms. The number of hydrogen-bond acceptors (Lipinski definition) is 4. The number of carbonyl (C=O) groups excluding carboxylic acids is 1. The number of carbonyl (C=O) groups is 1. The minimum atomic E-state index is 0.0724. The zero-order valence-electron chi connectivity index (χ0n) is 13.8. The van der Waals surface area contributed by atoms with Crippen LogP contribution in [-0.4, -0.2) is 16.0 Å². The standard InChI is InChI=1S/C19H23N3O2/c23-17(2-1-3-18-21-19(22-24-18)16-10-11-16)20-12-13-4-6-14(7-5-13)15-8-9-15/h4-7,15-16H,1-3,8-12H2,(H,20,23). The van der Waals surface area contributed by atoms with Gasteiger partial charge in [0.05, 0.1) is 0 Å². The predicted octanol–water partition coefficient (Wildman–Crippen LogP) is 3.46. The van der Waals surface area contributed by atoms with E-state index in [9.17, 15) is 4.79 Å². The van der Waals surface area contributed by atoms with E-state index in [1.165, 1.54) is 31.2 Å². The third-order valence-electron chi connectivity index (χ3n) is 4.74. The van der Waals surface area contributed by atoms with E-state index in [1.54, 1.807) is 0 Å². The van der Waals surface area contributed by atoms with Gasteiger partial charge in [-0.1, -0.05) is 29.4 Å². The highest BCUT2D eigenvalue weighted by Crippen LogP contribution is 2.40. The zero-order valence-corrected chi connectivity index (χ0v) is 13.8. The van der Waals surface area contributed by atoms with E-state index in [2.05, 4.69) is 39.7 Å². The molecular weight excluding hydrogens is 302 g/mol. The van der Waals surface area contributed by atoms with Crippen molar-refractivity contribution in [1.82, 2.24) is 15.5 Å². The second-order valence-corrected chi connectivity index (χ2v) is 6.97. The van der Waals surface area contributed by atoms with Gasteiger partial charge in [0.25, 0.3) is 0 Å². The summed E-state index contributed by atoms with van der Waals surface area (Å²) in [6.45, 7) is 0.593. The molecule has 0 radical (unpaired) electrons. The normalized spacial score (nSPS) is 17.0. The number of hydrogen-bond donors (Lipinski definition) is 1. The fourth-order valence-corrected chi connectivity index (χ4v) is 2.89. The van der Waals surface area contributed by atoms with Crippen molar-refractivity contribution in [2.24, 2.45) is 0 Å². The van der Waals surface area contributed by atoms with E-state index in [-0.39, 0.29) is 5.91 Å². The van der Waals surface area contributed by atoms with Crippen molar-refractivity contribution in [2.45, 2.75) is 63.3 Å². The van der Waals surface area contributed by atoms with E-state index in [4.69, 9.17) is 4.52 Å². The maximum Gasteiger partial charge on any atom is 0.226 e. The molecule has 0 aliphatic heterocycles. The first-order valence-electron chi connectivity index (χ1n) is 8.96. The highest BCUT2D eigenvalue weighted by atomic mass is 16.5. The molecule has 1 heterocycles. The van der Waals surface area contributed by atoms with Gasteiger partial charge in [-0.15, -0.1) is 0 Å². The quantitative estimate of drug-likeness (QED) is 0.807. The lowest BCUT2D eigenvalue weighted by Gasteiger charge is -2.06. The minimum Gasteiger partial charge on any atom is -0.352 e. The van der Waals surface area contributed by atoms with Crippen LogP contribution in [-0.2, 0) is 17.8 Å². The van der Waals surface area contributed by atoms with E-state index in [0.29, 0.717) is 31.2 Å².